The lowest BCUT2D eigenvalue weighted by Crippen LogP contribution is -2.49. The Morgan fingerprint density at radius 3 is 2.60 bits per heavy atom. The summed E-state index contributed by atoms with van der Waals surface area (Å²) in [6.45, 7) is 4.57. The largest absolute Gasteiger partial charge is 0.371 e. The van der Waals surface area contributed by atoms with Crippen molar-refractivity contribution in [3.8, 4) is 0 Å². The van der Waals surface area contributed by atoms with Gasteiger partial charge in [-0.3, -0.25) is 4.79 Å². The average Bonchev–Trinajstić information content (AvgIpc) is 3.15. The van der Waals surface area contributed by atoms with Crippen LogP contribution >= 0.6 is 0 Å². The van der Waals surface area contributed by atoms with E-state index in [0.717, 1.165) is 12.8 Å². The van der Waals surface area contributed by atoms with Gasteiger partial charge in [-0.05, 0) is 33.1 Å². The number of nitrogens with zero attached hydrogens (tertiary/aromatic N) is 1. The SMILES string of the molecule is CC(C)NC(=O)[C@H]1C[C@@H]2CN(S(=O)(=O)C3CC3)C[C@H]1O2. The molecule has 3 aliphatic rings. The fourth-order valence-electron chi connectivity index (χ4n) is 3.07. The van der Waals surface area contributed by atoms with Gasteiger partial charge in [0.1, 0.15) is 0 Å². The molecule has 1 saturated carbocycles. The Balaban J connectivity index is 1.69. The van der Waals surface area contributed by atoms with Gasteiger partial charge in [-0.25, -0.2) is 8.42 Å². The van der Waals surface area contributed by atoms with Gasteiger partial charge >= 0.3 is 0 Å². The van der Waals surface area contributed by atoms with Gasteiger partial charge in [-0.15, -0.1) is 0 Å². The summed E-state index contributed by atoms with van der Waals surface area (Å²) in [7, 11) is -3.17. The second-order valence-electron chi connectivity index (χ2n) is 6.36. The highest BCUT2D eigenvalue weighted by molar-refractivity contribution is 7.90. The van der Waals surface area contributed by atoms with Gasteiger partial charge in [0.15, 0.2) is 0 Å². The number of fused-ring (bicyclic) bond motifs is 2. The summed E-state index contributed by atoms with van der Waals surface area (Å²) in [4.78, 5) is 12.1. The smallest absolute Gasteiger partial charge is 0.226 e. The maximum Gasteiger partial charge on any atom is 0.226 e. The van der Waals surface area contributed by atoms with Gasteiger partial charge in [0.05, 0.1) is 23.4 Å². The van der Waals surface area contributed by atoms with Crippen LogP contribution in [0.1, 0.15) is 33.1 Å². The quantitative estimate of drug-likeness (QED) is 0.799. The fraction of sp³-hybridized carbons (Fsp3) is 0.923. The van der Waals surface area contributed by atoms with Crippen molar-refractivity contribution in [2.75, 3.05) is 13.1 Å². The zero-order valence-corrected chi connectivity index (χ0v) is 12.7. The molecule has 2 bridgehead atoms. The van der Waals surface area contributed by atoms with Crippen LogP contribution in [-0.4, -0.2) is 55.2 Å². The third-order valence-electron chi connectivity index (χ3n) is 4.20. The molecule has 2 aliphatic heterocycles. The Morgan fingerprint density at radius 2 is 2.00 bits per heavy atom. The van der Waals surface area contributed by atoms with Crippen LogP contribution in [0.25, 0.3) is 0 Å². The Morgan fingerprint density at radius 1 is 1.30 bits per heavy atom. The van der Waals surface area contributed by atoms with E-state index in [2.05, 4.69) is 5.32 Å². The van der Waals surface area contributed by atoms with Crippen molar-refractivity contribution in [3.05, 3.63) is 0 Å². The Kier molecular flexibility index (Phi) is 3.54. The lowest BCUT2D eigenvalue weighted by molar-refractivity contribution is -0.127. The van der Waals surface area contributed by atoms with E-state index in [1.165, 1.54) is 0 Å². The predicted molar refractivity (Wildman–Crippen MR) is 73.6 cm³/mol. The van der Waals surface area contributed by atoms with Crippen LogP contribution in [-0.2, 0) is 19.6 Å². The van der Waals surface area contributed by atoms with Crippen LogP contribution in [0, 0.1) is 5.92 Å². The van der Waals surface area contributed by atoms with E-state index >= 15 is 0 Å². The number of nitrogens with one attached hydrogen (secondary N) is 1. The third-order valence-corrected chi connectivity index (χ3v) is 6.53. The molecule has 0 radical (unpaired) electrons. The molecule has 1 amide bonds. The number of hydrogen-bond donors (Lipinski definition) is 1. The third kappa shape index (κ3) is 2.58. The number of sulfonamides is 1. The molecule has 20 heavy (non-hydrogen) atoms. The summed E-state index contributed by atoms with van der Waals surface area (Å²) >= 11 is 0. The predicted octanol–water partition coefficient (Wildman–Crippen LogP) is 0.0925. The van der Waals surface area contributed by atoms with Crippen molar-refractivity contribution in [2.45, 2.75) is 56.6 Å². The number of carbonyl (C=O) groups excluding carboxylic acids is 1. The van der Waals surface area contributed by atoms with Gasteiger partial charge in [-0.2, -0.15) is 4.31 Å². The molecule has 6 nitrogen and oxygen atoms in total. The van der Waals surface area contributed by atoms with Crippen LogP contribution in [0.15, 0.2) is 0 Å². The number of amides is 1. The number of carbonyl (C=O) groups is 1. The van der Waals surface area contributed by atoms with Gasteiger partial charge in [0.2, 0.25) is 15.9 Å². The standard InChI is InChI=1S/C13H22N2O4S/c1-8(2)14-13(16)11-5-9-6-15(7-12(11)19-9)20(17,18)10-3-4-10/h8-12H,3-7H2,1-2H3,(H,14,16)/t9-,11+,12-/m1/s1. The summed E-state index contributed by atoms with van der Waals surface area (Å²) in [6.07, 6.45) is 1.74. The normalized spacial score (nSPS) is 34.5. The number of ether oxygens (including phenoxy) is 1. The molecule has 0 aromatic rings. The van der Waals surface area contributed by atoms with E-state index in [0.29, 0.717) is 19.5 Å². The summed E-state index contributed by atoms with van der Waals surface area (Å²) < 4.78 is 31.9. The maximum atomic E-state index is 12.3. The van der Waals surface area contributed by atoms with Crippen LogP contribution in [0.4, 0.5) is 0 Å². The summed E-state index contributed by atoms with van der Waals surface area (Å²) in [5.74, 6) is -0.236. The first-order chi connectivity index (χ1) is 9.38. The van der Waals surface area contributed by atoms with Gasteiger partial charge in [0.25, 0.3) is 0 Å². The Hall–Kier alpha value is -0.660. The molecule has 0 aromatic heterocycles. The topological polar surface area (TPSA) is 75.7 Å². The van der Waals surface area contributed by atoms with Crippen LogP contribution < -0.4 is 5.32 Å². The van der Waals surface area contributed by atoms with Crippen LogP contribution in [0.5, 0.6) is 0 Å². The van der Waals surface area contributed by atoms with Gasteiger partial charge < -0.3 is 10.1 Å². The molecule has 0 unspecified atom stereocenters. The molecule has 3 fully saturated rings. The number of hydrogen-bond acceptors (Lipinski definition) is 4. The fourth-order valence-corrected chi connectivity index (χ4v) is 4.96. The maximum absolute atomic E-state index is 12.3. The molecule has 2 saturated heterocycles. The molecular formula is C13H22N2O4S. The summed E-state index contributed by atoms with van der Waals surface area (Å²) in [6, 6.07) is 0.0919. The van der Waals surface area contributed by atoms with Crippen molar-refractivity contribution in [1.82, 2.24) is 9.62 Å². The second kappa shape index (κ2) is 4.96. The van der Waals surface area contributed by atoms with Crippen molar-refractivity contribution in [3.63, 3.8) is 0 Å². The van der Waals surface area contributed by atoms with Crippen molar-refractivity contribution in [1.29, 1.82) is 0 Å². The van der Waals surface area contributed by atoms with E-state index in [1.807, 2.05) is 13.8 Å². The van der Waals surface area contributed by atoms with E-state index in [1.54, 1.807) is 4.31 Å². The first-order valence-corrected chi connectivity index (χ1v) is 8.83. The van der Waals surface area contributed by atoms with Crippen LogP contribution in [0.3, 0.4) is 0 Å². The zero-order valence-electron chi connectivity index (χ0n) is 11.9. The second-order valence-corrected chi connectivity index (χ2v) is 8.58. The minimum Gasteiger partial charge on any atom is -0.371 e. The van der Waals surface area contributed by atoms with E-state index in [-0.39, 0.29) is 35.3 Å². The van der Waals surface area contributed by atoms with E-state index in [9.17, 15) is 13.2 Å². The van der Waals surface area contributed by atoms with Gasteiger partial charge in [-0.1, -0.05) is 0 Å². The molecule has 1 N–H and O–H groups in total. The summed E-state index contributed by atoms with van der Waals surface area (Å²) in [5.41, 5.74) is 0. The molecule has 0 aromatic carbocycles. The summed E-state index contributed by atoms with van der Waals surface area (Å²) in [5, 5.41) is 2.71. The lowest BCUT2D eigenvalue weighted by Gasteiger charge is -2.32. The van der Waals surface area contributed by atoms with E-state index in [4.69, 9.17) is 4.74 Å². The van der Waals surface area contributed by atoms with Crippen LogP contribution in [0.2, 0.25) is 0 Å². The molecule has 3 atom stereocenters. The highest BCUT2D eigenvalue weighted by Crippen LogP contribution is 2.37. The van der Waals surface area contributed by atoms with Crippen molar-refractivity contribution >= 4 is 15.9 Å². The first kappa shape index (κ1) is 14.3. The Bertz CT molecular complexity index is 501. The molecule has 7 heteroatoms. The average molecular weight is 302 g/mol. The highest BCUT2D eigenvalue weighted by Gasteiger charge is 2.50. The minimum atomic E-state index is -3.17. The first-order valence-electron chi connectivity index (χ1n) is 7.32. The number of morpholine rings is 1. The monoisotopic (exact) mass is 302 g/mol. The molecule has 1 aliphatic carbocycles. The lowest BCUT2D eigenvalue weighted by atomic mass is 9.99. The number of rotatable bonds is 4. The highest BCUT2D eigenvalue weighted by atomic mass is 32.2. The molecule has 3 rings (SSSR count). The van der Waals surface area contributed by atoms with Gasteiger partial charge in [0, 0.05) is 19.1 Å². The van der Waals surface area contributed by atoms with Crippen molar-refractivity contribution < 1.29 is 17.9 Å². The Labute approximate surface area is 119 Å². The van der Waals surface area contributed by atoms with E-state index < -0.39 is 10.0 Å². The van der Waals surface area contributed by atoms with Crippen molar-refractivity contribution in [2.24, 2.45) is 5.92 Å². The molecule has 0 spiro atoms. The molecular weight excluding hydrogens is 280 g/mol. The minimum absolute atomic E-state index is 0.0156. The molecule has 114 valence electrons. The zero-order chi connectivity index (χ0) is 14.5. The molecule has 2 heterocycles.